The maximum Gasteiger partial charge on any atom is 0.175 e. The Labute approximate surface area is 107 Å². The zero-order valence-corrected chi connectivity index (χ0v) is 10.9. The minimum Gasteiger partial charge on any atom is -0.394 e. The largest absolute Gasteiger partial charge is 0.394 e. The molecule has 2 aromatic rings. The first kappa shape index (κ1) is 11.3. The third-order valence-corrected chi connectivity index (χ3v) is 2.86. The Kier molecular flexibility index (Phi) is 3.07. The van der Waals surface area contributed by atoms with E-state index >= 15 is 0 Å². The van der Waals surface area contributed by atoms with Crippen molar-refractivity contribution in [2.24, 2.45) is 7.05 Å². The lowest BCUT2D eigenvalue weighted by Gasteiger charge is -2.06. The van der Waals surface area contributed by atoms with Crippen LogP contribution in [0.3, 0.4) is 0 Å². The molecular weight excluding hydrogens is 291 g/mol. The molecule has 0 amide bonds. The molecule has 1 heterocycles. The number of aromatic nitrogens is 2. The SMILES string of the molecule is Cn1cc(N)c(Nc2cc(Br)ccc2Cl)n1. The molecule has 0 bridgehead atoms. The van der Waals surface area contributed by atoms with E-state index in [9.17, 15) is 0 Å². The summed E-state index contributed by atoms with van der Waals surface area (Å²) in [6.07, 6.45) is 1.73. The number of hydrogen-bond donors (Lipinski definition) is 2. The minimum absolute atomic E-state index is 0.582. The van der Waals surface area contributed by atoms with Crippen molar-refractivity contribution in [1.82, 2.24) is 9.78 Å². The van der Waals surface area contributed by atoms with Crippen LogP contribution in [0.4, 0.5) is 17.2 Å². The second kappa shape index (κ2) is 4.35. The second-order valence-electron chi connectivity index (χ2n) is 3.36. The second-order valence-corrected chi connectivity index (χ2v) is 4.68. The Bertz CT molecular complexity index is 524. The molecule has 0 radical (unpaired) electrons. The molecule has 6 heteroatoms. The summed E-state index contributed by atoms with van der Waals surface area (Å²) in [5.74, 6) is 0.600. The molecular formula is C10H10BrClN4. The lowest BCUT2D eigenvalue weighted by Crippen LogP contribution is -1.96. The Balaban J connectivity index is 2.33. The van der Waals surface area contributed by atoms with Gasteiger partial charge in [0.15, 0.2) is 5.82 Å². The van der Waals surface area contributed by atoms with Gasteiger partial charge in [0.1, 0.15) is 0 Å². The topological polar surface area (TPSA) is 55.9 Å². The van der Waals surface area contributed by atoms with E-state index < -0.39 is 0 Å². The van der Waals surface area contributed by atoms with E-state index in [0.717, 1.165) is 10.2 Å². The number of rotatable bonds is 2. The Morgan fingerprint density at radius 1 is 1.50 bits per heavy atom. The monoisotopic (exact) mass is 300 g/mol. The van der Waals surface area contributed by atoms with Crippen LogP contribution in [0, 0.1) is 0 Å². The van der Waals surface area contributed by atoms with Gasteiger partial charge in [0.05, 0.1) is 16.4 Å². The molecule has 16 heavy (non-hydrogen) atoms. The van der Waals surface area contributed by atoms with Gasteiger partial charge in [0.25, 0.3) is 0 Å². The Morgan fingerprint density at radius 3 is 2.88 bits per heavy atom. The van der Waals surface area contributed by atoms with Crippen LogP contribution in [-0.2, 0) is 7.05 Å². The summed E-state index contributed by atoms with van der Waals surface area (Å²) < 4.78 is 2.58. The van der Waals surface area contributed by atoms with Gasteiger partial charge in [-0.15, -0.1) is 0 Å². The van der Waals surface area contributed by atoms with Crippen LogP contribution >= 0.6 is 27.5 Å². The predicted molar refractivity (Wildman–Crippen MR) is 70.1 cm³/mol. The first-order valence-corrected chi connectivity index (χ1v) is 5.74. The fourth-order valence-electron chi connectivity index (χ4n) is 1.32. The number of aryl methyl sites for hydroxylation is 1. The van der Waals surface area contributed by atoms with Crippen molar-refractivity contribution in [3.05, 3.63) is 33.9 Å². The highest BCUT2D eigenvalue weighted by Gasteiger charge is 2.07. The lowest BCUT2D eigenvalue weighted by atomic mass is 10.3. The van der Waals surface area contributed by atoms with Crippen LogP contribution < -0.4 is 11.1 Å². The van der Waals surface area contributed by atoms with E-state index in [2.05, 4.69) is 26.3 Å². The molecule has 0 spiro atoms. The summed E-state index contributed by atoms with van der Waals surface area (Å²) in [4.78, 5) is 0. The fraction of sp³-hybridized carbons (Fsp3) is 0.100. The van der Waals surface area contributed by atoms with E-state index in [0.29, 0.717) is 16.5 Å². The molecule has 3 N–H and O–H groups in total. The van der Waals surface area contributed by atoms with E-state index in [1.54, 1.807) is 16.9 Å². The fourth-order valence-corrected chi connectivity index (χ4v) is 1.85. The van der Waals surface area contributed by atoms with Gasteiger partial charge in [-0.2, -0.15) is 5.10 Å². The third kappa shape index (κ3) is 2.31. The molecule has 1 aromatic carbocycles. The number of hydrogen-bond acceptors (Lipinski definition) is 3. The van der Waals surface area contributed by atoms with Crippen molar-refractivity contribution in [1.29, 1.82) is 0 Å². The molecule has 2 rings (SSSR count). The van der Waals surface area contributed by atoms with Crippen molar-refractivity contribution >= 4 is 44.7 Å². The van der Waals surface area contributed by atoms with Gasteiger partial charge < -0.3 is 11.1 Å². The van der Waals surface area contributed by atoms with Crippen LogP contribution in [0.25, 0.3) is 0 Å². The summed E-state index contributed by atoms with van der Waals surface area (Å²) >= 11 is 9.42. The molecule has 4 nitrogen and oxygen atoms in total. The summed E-state index contributed by atoms with van der Waals surface area (Å²) in [6.45, 7) is 0. The molecule has 0 aliphatic heterocycles. The van der Waals surface area contributed by atoms with Crippen molar-refractivity contribution < 1.29 is 0 Å². The number of benzene rings is 1. The number of halogens is 2. The first-order valence-electron chi connectivity index (χ1n) is 4.57. The van der Waals surface area contributed by atoms with Gasteiger partial charge in [-0.05, 0) is 18.2 Å². The van der Waals surface area contributed by atoms with Crippen LogP contribution in [0.5, 0.6) is 0 Å². The number of nitrogens with two attached hydrogens (primary N) is 1. The van der Waals surface area contributed by atoms with Gasteiger partial charge in [-0.25, -0.2) is 0 Å². The van der Waals surface area contributed by atoms with Crippen molar-refractivity contribution in [2.75, 3.05) is 11.1 Å². The number of nitrogens with zero attached hydrogens (tertiary/aromatic N) is 2. The molecule has 0 aliphatic rings. The lowest BCUT2D eigenvalue weighted by molar-refractivity contribution is 0.771. The molecule has 1 aromatic heterocycles. The van der Waals surface area contributed by atoms with Crippen LogP contribution in [-0.4, -0.2) is 9.78 Å². The molecule has 0 atom stereocenters. The maximum absolute atomic E-state index is 6.05. The average molecular weight is 302 g/mol. The normalized spacial score (nSPS) is 10.4. The molecule has 0 fully saturated rings. The smallest absolute Gasteiger partial charge is 0.175 e. The zero-order valence-electron chi connectivity index (χ0n) is 8.54. The molecule has 0 saturated heterocycles. The highest BCUT2D eigenvalue weighted by Crippen LogP contribution is 2.29. The van der Waals surface area contributed by atoms with Gasteiger partial charge in [0.2, 0.25) is 0 Å². The first-order chi connectivity index (χ1) is 7.56. The Hall–Kier alpha value is -1.20. The summed E-state index contributed by atoms with van der Waals surface area (Å²) in [6, 6.07) is 5.54. The average Bonchev–Trinajstić information content (AvgIpc) is 2.51. The number of anilines is 3. The van der Waals surface area contributed by atoms with Crippen molar-refractivity contribution in [3.63, 3.8) is 0 Å². The molecule has 0 saturated carbocycles. The quantitative estimate of drug-likeness (QED) is 0.896. The van der Waals surface area contributed by atoms with Gasteiger partial charge in [0, 0.05) is 17.7 Å². The van der Waals surface area contributed by atoms with Gasteiger partial charge in [-0.1, -0.05) is 27.5 Å². The Morgan fingerprint density at radius 2 is 2.25 bits per heavy atom. The van der Waals surface area contributed by atoms with E-state index in [4.69, 9.17) is 17.3 Å². The third-order valence-electron chi connectivity index (χ3n) is 2.04. The molecule has 0 aliphatic carbocycles. The van der Waals surface area contributed by atoms with Gasteiger partial charge >= 0.3 is 0 Å². The summed E-state index contributed by atoms with van der Waals surface area (Å²) in [5.41, 5.74) is 7.12. The summed E-state index contributed by atoms with van der Waals surface area (Å²) in [7, 11) is 1.81. The highest BCUT2D eigenvalue weighted by atomic mass is 79.9. The van der Waals surface area contributed by atoms with Crippen molar-refractivity contribution in [2.45, 2.75) is 0 Å². The minimum atomic E-state index is 0.582. The highest BCUT2D eigenvalue weighted by molar-refractivity contribution is 9.10. The van der Waals surface area contributed by atoms with Gasteiger partial charge in [-0.3, -0.25) is 4.68 Å². The standard InChI is InChI=1S/C10H10BrClN4/c1-16-5-8(13)10(15-16)14-9-4-6(11)2-3-7(9)12/h2-5H,13H2,1H3,(H,14,15). The predicted octanol–water partition coefficient (Wildman–Crippen LogP) is 3.16. The van der Waals surface area contributed by atoms with E-state index in [1.807, 2.05) is 19.2 Å². The number of nitrogens with one attached hydrogen (secondary N) is 1. The maximum atomic E-state index is 6.05. The summed E-state index contributed by atoms with van der Waals surface area (Å²) in [5, 5.41) is 7.88. The van der Waals surface area contributed by atoms with Crippen LogP contribution in [0.1, 0.15) is 0 Å². The molecule has 84 valence electrons. The van der Waals surface area contributed by atoms with Crippen LogP contribution in [0.15, 0.2) is 28.9 Å². The molecule has 0 unspecified atom stereocenters. The van der Waals surface area contributed by atoms with Crippen LogP contribution in [0.2, 0.25) is 5.02 Å². The van der Waals surface area contributed by atoms with E-state index in [-0.39, 0.29) is 0 Å². The zero-order chi connectivity index (χ0) is 11.7. The number of nitrogen functional groups attached to an aromatic ring is 1. The van der Waals surface area contributed by atoms with E-state index in [1.165, 1.54) is 0 Å². The van der Waals surface area contributed by atoms with Crippen molar-refractivity contribution in [3.8, 4) is 0 Å².